The highest BCUT2D eigenvalue weighted by molar-refractivity contribution is 5.81. The molecule has 0 aliphatic carbocycles. The molecule has 0 spiro atoms. The maximum Gasteiger partial charge on any atom is 0.229 e. The van der Waals surface area contributed by atoms with Crippen LogP contribution in [0.15, 0.2) is 0 Å². The number of carbonyl (C=O) groups excluding carboxylic acids is 2. The van der Waals surface area contributed by atoms with Crippen molar-refractivity contribution in [3.8, 4) is 0 Å². The van der Waals surface area contributed by atoms with Gasteiger partial charge >= 0.3 is 0 Å². The van der Waals surface area contributed by atoms with Crippen molar-refractivity contribution < 1.29 is 28.1 Å². The number of likely N-dealkylation sites (N-methyl/N-ethyl adjacent to an activating group) is 3. The van der Waals surface area contributed by atoms with Crippen molar-refractivity contribution in [2.75, 3.05) is 82.2 Å². The number of hydrogen-bond donors (Lipinski definition) is 2. The van der Waals surface area contributed by atoms with Crippen molar-refractivity contribution >= 4 is 11.7 Å². The first kappa shape index (κ1) is 37.3. The van der Waals surface area contributed by atoms with Crippen LogP contribution in [0.25, 0.3) is 0 Å². The van der Waals surface area contributed by atoms with Crippen molar-refractivity contribution in [2.45, 2.75) is 62.0 Å². The van der Waals surface area contributed by atoms with Crippen LogP contribution in [-0.4, -0.2) is 119 Å². The van der Waals surface area contributed by atoms with Gasteiger partial charge in [0.2, 0.25) is 5.91 Å². The van der Waals surface area contributed by atoms with E-state index in [9.17, 15) is 14.7 Å². The Balaban J connectivity index is -0.00000121. The van der Waals surface area contributed by atoms with E-state index in [4.69, 9.17) is 0 Å². The van der Waals surface area contributed by atoms with E-state index in [0.717, 1.165) is 6.42 Å². The molecule has 0 aliphatic rings. The first-order valence-corrected chi connectivity index (χ1v) is 10.3. The van der Waals surface area contributed by atoms with Crippen LogP contribution >= 0.6 is 0 Å². The fourth-order valence-corrected chi connectivity index (χ4v) is 3.08. The van der Waals surface area contributed by atoms with Gasteiger partial charge in [-0.3, -0.25) is 9.59 Å². The van der Waals surface area contributed by atoms with Crippen LogP contribution in [0.1, 0.15) is 55.9 Å². The largest absolute Gasteiger partial charge is 0.382 e. The highest BCUT2D eigenvalue weighted by Gasteiger charge is 2.29. The highest BCUT2D eigenvalue weighted by Crippen LogP contribution is 2.19. The lowest BCUT2D eigenvalue weighted by atomic mass is 9.89. The third-order valence-electron chi connectivity index (χ3n) is 5.23. The molecule has 0 fully saturated rings. The molecule has 1 unspecified atom stereocenters. The van der Waals surface area contributed by atoms with Crippen LogP contribution in [0, 0.1) is 5.41 Å². The lowest BCUT2D eigenvalue weighted by Crippen LogP contribution is -2.54. The summed E-state index contributed by atoms with van der Waals surface area (Å²) in [5.74, 6) is 0.207. The molecular formula is C24H59N4O3+3. The average Bonchev–Trinajstić information content (AvgIpc) is 2.47. The third kappa shape index (κ3) is 17.2. The van der Waals surface area contributed by atoms with E-state index in [2.05, 4.69) is 40.6 Å². The van der Waals surface area contributed by atoms with Crippen LogP contribution < -0.4 is 5.32 Å². The number of aliphatic hydroxyl groups is 1. The molecule has 2 N–H and O–H groups in total. The number of quaternary nitrogens is 3. The van der Waals surface area contributed by atoms with Crippen LogP contribution in [0.4, 0.5) is 0 Å². The van der Waals surface area contributed by atoms with E-state index in [1.54, 1.807) is 0 Å². The second-order valence-corrected chi connectivity index (χ2v) is 11.3. The summed E-state index contributed by atoms with van der Waals surface area (Å²) in [6.45, 7) is 8.70. The second-order valence-electron chi connectivity index (χ2n) is 11.3. The number of rotatable bonds is 13. The molecule has 0 radical (unpaired) electrons. The van der Waals surface area contributed by atoms with E-state index >= 15 is 0 Å². The minimum atomic E-state index is -0.394. The molecule has 0 aliphatic heterocycles. The molecule has 0 heterocycles. The first-order valence-electron chi connectivity index (χ1n) is 10.3. The molecule has 0 rings (SSSR count). The van der Waals surface area contributed by atoms with E-state index < -0.39 is 11.5 Å². The number of ketones is 1. The molecule has 31 heavy (non-hydrogen) atoms. The fraction of sp³-hybridized carbons (Fsp3) is 0.917. The lowest BCUT2D eigenvalue weighted by Gasteiger charge is -2.35. The highest BCUT2D eigenvalue weighted by atomic mass is 16.3. The summed E-state index contributed by atoms with van der Waals surface area (Å²) in [7, 11) is 14.2. The van der Waals surface area contributed by atoms with Gasteiger partial charge in [0.1, 0.15) is 19.6 Å². The Morgan fingerprint density at radius 1 is 0.903 bits per heavy atom. The van der Waals surface area contributed by atoms with Gasteiger partial charge in [-0.15, -0.1) is 0 Å². The van der Waals surface area contributed by atoms with Crippen molar-refractivity contribution in [1.82, 2.24) is 5.32 Å². The van der Waals surface area contributed by atoms with Gasteiger partial charge in [-0.05, 0) is 6.42 Å². The number of aliphatic hydroxyl groups excluding tert-OH is 1. The van der Waals surface area contributed by atoms with Crippen molar-refractivity contribution in [1.29, 1.82) is 0 Å². The number of Topliss-reactive ketones (excluding diaryl/α,β-unsaturated/α-hetero) is 1. The summed E-state index contributed by atoms with van der Waals surface area (Å²) in [5.41, 5.74) is -0.391. The van der Waals surface area contributed by atoms with Crippen LogP contribution in [0.2, 0.25) is 0 Å². The first-order chi connectivity index (χ1) is 12.4. The van der Waals surface area contributed by atoms with E-state index in [-0.39, 0.29) is 34.0 Å². The second kappa shape index (κ2) is 14.2. The molecule has 7 heteroatoms. The normalized spacial score (nSPS) is 13.3. The Morgan fingerprint density at radius 3 is 1.81 bits per heavy atom. The monoisotopic (exact) mass is 451 g/mol. The van der Waals surface area contributed by atoms with E-state index in [1.807, 2.05) is 34.9 Å². The predicted molar refractivity (Wildman–Crippen MR) is 135 cm³/mol. The molecule has 7 nitrogen and oxygen atoms in total. The number of nitrogens with one attached hydrogen (secondary N) is 1. The SMILES string of the molecule is C.C.C.CCC(C)(C)C(=O)NC[N+](C)(C)CC(=O)CC[N+](C)(C)CC(O)C[N+](C)(C)C. The quantitative estimate of drug-likeness (QED) is 0.334. The summed E-state index contributed by atoms with van der Waals surface area (Å²) in [6.07, 6.45) is 0.854. The molecule has 0 bridgehead atoms. The average molecular weight is 452 g/mol. The zero-order valence-corrected chi connectivity index (χ0v) is 20.1. The molecule has 0 aromatic rings. The zero-order valence-electron chi connectivity index (χ0n) is 20.1. The molecule has 1 atom stereocenters. The molecule has 190 valence electrons. The number of carbonyl (C=O) groups is 2. The third-order valence-corrected chi connectivity index (χ3v) is 5.23. The van der Waals surface area contributed by atoms with Crippen LogP contribution in [0.5, 0.6) is 0 Å². The van der Waals surface area contributed by atoms with Gasteiger partial charge in [-0.25, -0.2) is 0 Å². The maximum atomic E-state index is 12.5. The smallest absolute Gasteiger partial charge is 0.229 e. The molecule has 1 amide bonds. The van der Waals surface area contributed by atoms with Gasteiger partial charge in [0.25, 0.3) is 0 Å². The number of amides is 1. The van der Waals surface area contributed by atoms with Gasteiger partial charge in [0, 0.05) is 5.41 Å². The summed E-state index contributed by atoms with van der Waals surface area (Å²) >= 11 is 0. The van der Waals surface area contributed by atoms with Gasteiger partial charge in [-0.2, -0.15) is 0 Å². The minimum Gasteiger partial charge on any atom is -0.382 e. The summed E-state index contributed by atoms with van der Waals surface area (Å²) < 4.78 is 1.76. The molecule has 0 aromatic carbocycles. The Bertz CT molecular complexity index is 523. The Morgan fingerprint density at radius 2 is 1.39 bits per heavy atom. The van der Waals surface area contributed by atoms with Gasteiger partial charge in [-0.1, -0.05) is 43.1 Å². The summed E-state index contributed by atoms with van der Waals surface area (Å²) in [5, 5.41) is 13.3. The topological polar surface area (TPSA) is 66.4 Å². The number of nitrogens with zero attached hydrogens (tertiary/aromatic N) is 3. The van der Waals surface area contributed by atoms with E-state index in [1.165, 1.54) is 0 Å². The van der Waals surface area contributed by atoms with E-state index in [0.29, 0.717) is 52.7 Å². The summed E-state index contributed by atoms with van der Waals surface area (Å²) in [4.78, 5) is 24.8. The maximum absolute atomic E-state index is 12.5. The van der Waals surface area contributed by atoms with Crippen LogP contribution in [0.3, 0.4) is 0 Å². The van der Waals surface area contributed by atoms with Crippen molar-refractivity contribution in [3.05, 3.63) is 0 Å². The standard InChI is InChI=1S/C21H46N4O3.3CH4/c1-11-21(2,3)20(28)22-17-25(9,10)15-18(26)12-13-24(7,8)16-19(27)14-23(4,5)6;;;/h19,27H,11-17H2,1-10H3;3*1H4/q+2;;;/p+1. The predicted octanol–water partition coefficient (Wildman–Crippen LogP) is 2.58. The molecule has 0 saturated heterocycles. The minimum absolute atomic E-state index is 0. The summed E-state index contributed by atoms with van der Waals surface area (Å²) in [6, 6.07) is 0. The van der Waals surface area contributed by atoms with Crippen LogP contribution in [-0.2, 0) is 9.59 Å². The van der Waals surface area contributed by atoms with Crippen molar-refractivity contribution in [3.63, 3.8) is 0 Å². The lowest BCUT2D eigenvalue weighted by molar-refractivity contribution is -0.907. The van der Waals surface area contributed by atoms with Gasteiger partial charge in [0.15, 0.2) is 18.6 Å². The Hall–Kier alpha value is -1.02. The zero-order chi connectivity index (χ0) is 22.4. The fourth-order valence-electron chi connectivity index (χ4n) is 3.08. The molecular weight excluding hydrogens is 392 g/mol. The molecule has 0 saturated carbocycles. The Labute approximate surface area is 195 Å². The van der Waals surface area contributed by atoms with Gasteiger partial charge in [0.05, 0.1) is 62.3 Å². The Kier molecular flexibility index (Phi) is 17.1. The molecule has 0 aromatic heterocycles. The van der Waals surface area contributed by atoms with Gasteiger partial charge < -0.3 is 23.9 Å². The van der Waals surface area contributed by atoms with Crippen molar-refractivity contribution in [2.24, 2.45) is 5.41 Å². The number of hydrogen-bond acceptors (Lipinski definition) is 3.